The summed E-state index contributed by atoms with van der Waals surface area (Å²) in [4.78, 5) is 18.2. The van der Waals surface area contributed by atoms with Gasteiger partial charge in [-0.25, -0.2) is 9.78 Å². The van der Waals surface area contributed by atoms with Crippen LogP contribution in [-0.2, 0) is 11.2 Å². The molecule has 8 nitrogen and oxygen atoms in total. The summed E-state index contributed by atoms with van der Waals surface area (Å²) in [5.74, 6) is 0.905. The highest BCUT2D eigenvalue weighted by Gasteiger charge is 2.34. The summed E-state index contributed by atoms with van der Waals surface area (Å²) in [5, 5.41) is 17.7. The topological polar surface area (TPSA) is 96.5 Å². The number of pyridine rings is 1. The zero-order chi connectivity index (χ0) is 18.9. The van der Waals surface area contributed by atoms with Gasteiger partial charge in [0.25, 0.3) is 0 Å². The Morgan fingerprint density at radius 1 is 1.31 bits per heavy atom. The lowest BCUT2D eigenvalue weighted by molar-refractivity contribution is -0.0681. The number of aliphatic hydroxyl groups is 2. The van der Waals surface area contributed by atoms with E-state index in [0.717, 1.165) is 17.8 Å². The van der Waals surface area contributed by atoms with Crippen molar-refractivity contribution in [2.45, 2.75) is 39.1 Å². The van der Waals surface area contributed by atoms with Gasteiger partial charge in [-0.1, -0.05) is 0 Å². The number of hydrogen-bond donors (Lipinski definition) is 2. The Morgan fingerprint density at radius 2 is 2.04 bits per heavy atom. The number of aromatic nitrogens is 2. The molecule has 26 heavy (non-hydrogen) atoms. The predicted octanol–water partition coefficient (Wildman–Crippen LogP) is 1.43. The summed E-state index contributed by atoms with van der Waals surface area (Å²) in [6.07, 6.45) is 2.69. The molecule has 1 aliphatic heterocycles. The van der Waals surface area contributed by atoms with Crippen LogP contribution < -0.4 is 4.74 Å². The minimum absolute atomic E-state index is 0.185. The zero-order valence-corrected chi connectivity index (χ0v) is 15.3. The molecule has 0 radical (unpaired) electrons. The molecule has 0 spiro atoms. The van der Waals surface area contributed by atoms with Crippen molar-refractivity contribution in [1.29, 1.82) is 0 Å². The number of carbonyl (C=O) groups excluding carboxylic acids is 1. The first kappa shape index (κ1) is 18.5. The summed E-state index contributed by atoms with van der Waals surface area (Å²) >= 11 is 0. The molecule has 0 atom stereocenters. The fraction of sp³-hybridized carbons (Fsp3) is 0.556. The van der Waals surface area contributed by atoms with Crippen LogP contribution in [0.25, 0.3) is 5.65 Å². The van der Waals surface area contributed by atoms with Gasteiger partial charge in [0.05, 0.1) is 11.9 Å². The SMILES string of the molecule is CC(C)(C)OC(=O)N1CC(Cc2cn3cc(OCC(O)O)ccc3n2)C1. The van der Waals surface area contributed by atoms with Crippen molar-refractivity contribution in [3.05, 3.63) is 30.2 Å². The molecule has 2 N–H and O–H groups in total. The van der Waals surface area contributed by atoms with Gasteiger partial charge in [0.2, 0.25) is 0 Å². The van der Waals surface area contributed by atoms with E-state index in [1.54, 1.807) is 17.2 Å². The zero-order valence-electron chi connectivity index (χ0n) is 15.3. The Kier molecular flexibility index (Phi) is 5.06. The van der Waals surface area contributed by atoms with Gasteiger partial charge in [0.1, 0.15) is 23.6 Å². The minimum atomic E-state index is -1.50. The lowest BCUT2D eigenvalue weighted by atomic mass is 9.95. The van der Waals surface area contributed by atoms with Gasteiger partial charge in [-0.15, -0.1) is 0 Å². The van der Waals surface area contributed by atoms with Gasteiger partial charge in [-0.2, -0.15) is 0 Å². The van der Waals surface area contributed by atoms with Gasteiger partial charge < -0.3 is 29.0 Å². The Bertz CT molecular complexity index is 775. The Labute approximate surface area is 152 Å². The molecule has 2 aromatic rings. The molecule has 0 saturated carbocycles. The standard InChI is InChI=1S/C18H25N3O5/c1-18(2,3)26-17(24)21-7-12(8-21)6-13-9-20-10-14(25-11-16(22)23)4-5-15(20)19-13/h4-5,9-10,12,16,22-23H,6-8,11H2,1-3H3. The largest absolute Gasteiger partial charge is 0.487 e. The normalized spacial score (nSPS) is 15.4. The highest BCUT2D eigenvalue weighted by Crippen LogP contribution is 2.23. The van der Waals surface area contributed by atoms with Crippen LogP contribution in [0.1, 0.15) is 26.5 Å². The summed E-state index contributed by atoms with van der Waals surface area (Å²) in [7, 11) is 0. The van der Waals surface area contributed by atoms with Crippen molar-refractivity contribution < 1.29 is 24.5 Å². The van der Waals surface area contributed by atoms with Crippen LogP contribution in [0, 0.1) is 5.92 Å². The van der Waals surface area contributed by atoms with E-state index in [1.165, 1.54) is 0 Å². The molecule has 142 valence electrons. The Morgan fingerprint density at radius 3 is 2.69 bits per heavy atom. The van der Waals surface area contributed by atoms with Crippen molar-refractivity contribution in [1.82, 2.24) is 14.3 Å². The molecular formula is C18H25N3O5. The molecule has 2 aromatic heterocycles. The number of imidazole rings is 1. The number of amides is 1. The second-order valence-corrected chi connectivity index (χ2v) is 7.61. The van der Waals surface area contributed by atoms with E-state index in [-0.39, 0.29) is 12.7 Å². The highest BCUT2D eigenvalue weighted by molar-refractivity contribution is 5.69. The third-order valence-electron chi connectivity index (χ3n) is 3.98. The molecule has 3 heterocycles. The molecule has 1 amide bonds. The number of ether oxygens (including phenoxy) is 2. The lowest BCUT2D eigenvalue weighted by Gasteiger charge is -2.39. The number of likely N-dealkylation sites (tertiary alicyclic amines) is 1. The van der Waals surface area contributed by atoms with E-state index in [0.29, 0.717) is 24.8 Å². The maximum atomic E-state index is 12.0. The van der Waals surface area contributed by atoms with Crippen LogP contribution in [0.4, 0.5) is 4.79 Å². The van der Waals surface area contributed by atoms with Crippen LogP contribution in [0.5, 0.6) is 5.75 Å². The summed E-state index contributed by atoms with van der Waals surface area (Å²) in [6.45, 7) is 6.74. The van der Waals surface area contributed by atoms with E-state index in [2.05, 4.69) is 4.98 Å². The number of carbonyl (C=O) groups is 1. The van der Waals surface area contributed by atoms with E-state index in [1.807, 2.05) is 37.4 Å². The number of rotatable bonds is 5. The lowest BCUT2D eigenvalue weighted by Crippen LogP contribution is -2.52. The fourth-order valence-electron chi connectivity index (χ4n) is 2.85. The quantitative estimate of drug-likeness (QED) is 0.780. The highest BCUT2D eigenvalue weighted by atomic mass is 16.6. The molecule has 3 rings (SSSR count). The monoisotopic (exact) mass is 363 g/mol. The van der Waals surface area contributed by atoms with Gasteiger partial charge in [0, 0.05) is 19.3 Å². The number of hydrogen-bond acceptors (Lipinski definition) is 6. The van der Waals surface area contributed by atoms with Crippen LogP contribution in [0.2, 0.25) is 0 Å². The first-order chi connectivity index (χ1) is 12.2. The second kappa shape index (κ2) is 7.13. The van der Waals surface area contributed by atoms with Crippen molar-refractivity contribution in [3.63, 3.8) is 0 Å². The number of nitrogens with zero attached hydrogens (tertiary/aromatic N) is 3. The Balaban J connectivity index is 1.55. The second-order valence-electron chi connectivity index (χ2n) is 7.61. The van der Waals surface area contributed by atoms with Gasteiger partial charge >= 0.3 is 6.09 Å². The molecule has 1 saturated heterocycles. The fourth-order valence-corrected chi connectivity index (χ4v) is 2.85. The van der Waals surface area contributed by atoms with E-state index >= 15 is 0 Å². The average molecular weight is 363 g/mol. The molecular weight excluding hydrogens is 338 g/mol. The Hall–Kier alpha value is -2.32. The van der Waals surface area contributed by atoms with Crippen molar-refractivity contribution >= 4 is 11.7 Å². The van der Waals surface area contributed by atoms with Gasteiger partial charge in [-0.3, -0.25) is 0 Å². The average Bonchev–Trinajstić information content (AvgIpc) is 2.88. The molecule has 0 aromatic carbocycles. The summed E-state index contributed by atoms with van der Waals surface area (Å²) < 4.78 is 12.5. The summed E-state index contributed by atoms with van der Waals surface area (Å²) in [6, 6.07) is 3.55. The molecule has 0 aliphatic carbocycles. The van der Waals surface area contributed by atoms with E-state index in [9.17, 15) is 4.79 Å². The molecule has 1 fully saturated rings. The first-order valence-corrected chi connectivity index (χ1v) is 8.64. The van der Waals surface area contributed by atoms with Crippen LogP contribution in [-0.4, -0.2) is 62.2 Å². The smallest absolute Gasteiger partial charge is 0.410 e. The molecule has 8 heteroatoms. The van der Waals surface area contributed by atoms with Crippen molar-refractivity contribution in [2.75, 3.05) is 19.7 Å². The third-order valence-corrected chi connectivity index (χ3v) is 3.98. The molecule has 1 aliphatic rings. The predicted molar refractivity (Wildman–Crippen MR) is 93.9 cm³/mol. The van der Waals surface area contributed by atoms with E-state index < -0.39 is 11.9 Å². The molecule has 0 bridgehead atoms. The third kappa shape index (κ3) is 4.64. The van der Waals surface area contributed by atoms with Crippen LogP contribution in [0.15, 0.2) is 24.5 Å². The van der Waals surface area contributed by atoms with Crippen LogP contribution >= 0.6 is 0 Å². The first-order valence-electron chi connectivity index (χ1n) is 8.64. The van der Waals surface area contributed by atoms with E-state index in [4.69, 9.17) is 19.7 Å². The van der Waals surface area contributed by atoms with Crippen LogP contribution in [0.3, 0.4) is 0 Å². The number of aliphatic hydroxyl groups excluding tert-OH is 1. The maximum Gasteiger partial charge on any atom is 0.410 e. The van der Waals surface area contributed by atoms with Gasteiger partial charge in [0.15, 0.2) is 6.29 Å². The minimum Gasteiger partial charge on any atom is -0.487 e. The maximum absolute atomic E-state index is 12.0. The van der Waals surface area contributed by atoms with Crippen molar-refractivity contribution in [3.8, 4) is 5.75 Å². The summed E-state index contributed by atoms with van der Waals surface area (Å²) in [5.41, 5.74) is 1.26. The molecule has 0 unspecified atom stereocenters. The van der Waals surface area contributed by atoms with Gasteiger partial charge in [-0.05, 0) is 45.2 Å². The number of fused-ring (bicyclic) bond motifs is 1. The van der Waals surface area contributed by atoms with Crippen molar-refractivity contribution in [2.24, 2.45) is 5.92 Å².